The molecule has 1 fully saturated rings. The molecular formula is C11H24N2O. The van der Waals surface area contributed by atoms with E-state index in [1.807, 2.05) is 0 Å². The first kappa shape index (κ1) is 12.0. The molecule has 0 saturated carbocycles. The zero-order chi connectivity index (χ0) is 10.2. The molecule has 3 nitrogen and oxygen atoms in total. The molecule has 1 aliphatic heterocycles. The molecule has 0 bridgehead atoms. The van der Waals surface area contributed by atoms with E-state index >= 15 is 0 Å². The van der Waals surface area contributed by atoms with E-state index in [1.165, 1.54) is 13.0 Å². The lowest BCUT2D eigenvalue weighted by Gasteiger charge is -2.11. The smallest absolute Gasteiger partial charge is 0.0489 e. The Kier molecular flexibility index (Phi) is 6.15. The van der Waals surface area contributed by atoms with Crippen LogP contribution in [0.25, 0.3) is 0 Å². The Morgan fingerprint density at radius 3 is 3.00 bits per heavy atom. The summed E-state index contributed by atoms with van der Waals surface area (Å²) in [5, 5.41) is 6.87. The number of nitrogens with one attached hydrogen (secondary N) is 2. The van der Waals surface area contributed by atoms with Crippen LogP contribution in [0.3, 0.4) is 0 Å². The van der Waals surface area contributed by atoms with Crippen molar-refractivity contribution in [2.24, 2.45) is 5.92 Å². The summed E-state index contributed by atoms with van der Waals surface area (Å²) in [4.78, 5) is 0. The lowest BCUT2D eigenvalue weighted by molar-refractivity contribution is 0.107. The maximum atomic E-state index is 5.50. The van der Waals surface area contributed by atoms with Crippen molar-refractivity contribution in [3.63, 3.8) is 0 Å². The van der Waals surface area contributed by atoms with Gasteiger partial charge in [0.05, 0.1) is 0 Å². The summed E-state index contributed by atoms with van der Waals surface area (Å²) in [6, 6.07) is 0.695. The highest BCUT2D eigenvalue weighted by Crippen LogP contribution is 1.97. The van der Waals surface area contributed by atoms with E-state index in [9.17, 15) is 0 Å². The summed E-state index contributed by atoms with van der Waals surface area (Å²) in [7, 11) is 0. The topological polar surface area (TPSA) is 33.3 Å². The van der Waals surface area contributed by atoms with Gasteiger partial charge in [-0.1, -0.05) is 13.8 Å². The maximum absolute atomic E-state index is 5.50. The first-order valence-electron chi connectivity index (χ1n) is 5.81. The third kappa shape index (κ3) is 5.58. The van der Waals surface area contributed by atoms with E-state index in [2.05, 4.69) is 24.5 Å². The summed E-state index contributed by atoms with van der Waals surface area (Å²) >= 11 is 0. The molecule has 0 aromatic rings. The fourth-order valence-electron chi connectivity index (χ4n) is 1.63. The van der Waals surface area contributed by atoms with Gasteiger partial charge in [-0.2, -0.15) is 0 Å². The molecule has 0 amide bonds. The Bertz CT molecular complexity index is 133. The monoisotopic (exact) mass is 200 g/mol. The minimum Gasteiger partial charge on any atom is -0.381 e. The number of ether oxygens (including phenoxy) is 1. The van der Waals surface area contributed by atoms with Crippen molar-refractivity contribution < 1.29 is 4.74 Å². The first-order valence-corrected chi connectivity index (χ1v) is 5.81. The summed E-state index contributed by atoms with van der Waals surface area (Å²) in [6.45, 7) is 9.54. The Hall–Kier alpha value is -0.120. The van der Waals surface area contributed by atoms with Gasteiger partial charge in [0.15, 0.2) is 0 Å². The third-order valence-corrected chi connectivity index (χ3v) is 2.41. The van der Waals surface area contributed by atoms with Crippen molar-refractivity contribution in [3.05, 3.63) is 0 Å². The molecule has 0 aromatic heterocycles. The van der Waals surface area contributed by atoms with Gasteiger partial charge in [0, 0.05) is 25.8 Å². The second-order valence-corrected chi connectivity index (χ2v) is 4.47. The minimum absolute atomic E-state index is 0.655. The van der Waals surface area contributed by atoms with Gasteiger partial charge < -0.3 is 15.4 Å². The minimum atomic E-state index is 0.655. The second-order valence-electron chi connectivity index (χ2n) is 4.47. The lowest BCUT2D eigenvalue weighted by atomic mass is 10.2. The van der Waals surface area contributed by atoms with Crippen molar-refractivity contribution in [3.8, 4) is 0 Å². The van der Waals surface area contributed by atoms with E-state index < -0.39 is 0 Å². The standard InChI is InChI=1S/C11H24N2O/c1-10(2)9-14-7-3-5-13-11-4-6-12-8-11/h10-13H,3-9H2,1-2H3. The first-order chi connectivity index (χ1) is 6.79. The van der Waals surface area contributed by atoms with Gasteiger partial charge in [-0.3, -0.25) is 0 Å². The zero-order valence-corrected chi connectivity index (χ0v) is 9.51. The van der Waals surface area contributed by atoms with Crippen LogP contribution in [0.2, 0.25) is 0 Å². The van der Waals surface area contributed by atoms with Crippen LogP contribution >= 0.6 is 0 Å². The summed E-state index contributed by atoms with van der Waals surface area (Å²) in [6.07, 6.45) is 2.40. The van der Waals surface area contributed by atoms with Gasteiger partial charge >= 0.3 is 0 Å². The van der Waals surface area contributed by atoms with Crippen LogP contribution in [0.5, 0.6) is 0 Å². The van der Waals surface area contributed by atoms with Crippen LogP contribution in [0.4, 0.5) is 0 Å². The molecular weight excluding hydrogens is 176 g/mol. The highest BCUT2D eigenvalue weighted by molar-refractivity contribution is 4.76. The number of rotatable bonds is 7. The second kappa shape index (κ2) is 7.21. The molecule has 84 valence electrons. The lowest BCUT2D eigenvalue weighted by Crippen LogP contribution is -2.32. The van der Waals surface area contributed by atoms with Crippen molar-refractivity contribution in [2.75, 3.05) is 32.8 Å². The molecule has 0 aliphatic carbocycles. The van der Waals surface area contributed by atoms with Crippen LogP contribution in [0.15, 0.2) is 0 Å². The molecule has 1 unspecified atom stereocenters. The predicted octanol–water partition coefficient (Wildman–Crippen LogP) is 1.00. The van der Waals surface area contributed by atoms with Crippen LogP contribution < -0.4 is 10.6 Å². The molecule has 0 spiro atoms. The van der Waals surface area contributed by atoms with Crippen molar-refractivity contribution >= 4 is 0 Å². The molecule has 1 rings (SSSR count). The third-order valence-electron chi connectivity index (χ3n) is 2.41. The van der Waals surface area contributed by atoms with Crippen LogP contribution in [0, 0.1) is 5.92 Å². The van der Waals surface area contributed by atoms with Gasteiger partial charge in [0.2, 0.25) is 0 Å². The normalized spacial score (nSPS) is 22.1. The molecule has 1 aliphatic rings. The van der Waals surface area contributed by atoms with Gasteiger partial charge in [-0.25, -0.2) is 0 Å². The van der Waals surface area contributed by atoms with Gasteiger partial charge in [0.25, 0.3) is 0 Å². The average molecular weight is 200 g/mol. The fourth-order valence-corrected chi connectivity index (χ4v) is 1.63. The van der Waals surface area contributed by atoms with Crippen molar-refractivity contribution in [2.45, 2.75) is 32.7 Å². The highest BCUT2D eigenvalue weighted by Gasteiger charge is 2.12. The molecule has 0 radical (unpaired) electrons. The Labute approximate surface area is 87.6 Å². The largest absolute Gasteiger partial charge is 0.381 e. The molecule has 1 saturated heterocycles. The van der Waals surface area contributed by atoms with Crippen LogP contribution in [-0.4, -0.2) is 38.9 Å². The summed E-state index contributed by atoms with van der Waals surface area (Å²) in [5.41, 5.74) is 0. The highest BCUT2D eigenvalue weighted by atomic mass is 16.5. The average Bonchev–Trinajstić information content (AvgIpc) is 2.63. The summed E-state index contributed by atoms with van der Waals surface area (Å²) < 4.78 is 5.50. The van der Waals surface area contributed by atoms with Gasteiger partial charge in [-0.15, -0.1) is 0 Å². The molecule has 1 heterocycles. The number of hydrogen-bond acceptors (Lipinski definition) is 3. The van der Waals surface area contributed by atoms with Gasteiger partial charge in [0.1, 0.15) is 0 Å². The van der Waals surface area contributed by atoms with E-state index in [4.69, 9.17) is 4.74 Å². The molecule has 14 heavy (non-hydrogen) atoms. The SMILES string of the molecule is CC(C)COCCCNC1CCNC1. The Morgan fingerprint density at radius 1 is 1.50 bits per heavy atom. The number of hydrogen-bond donors (Lipinski definition) is 2. The molecule has 1 atom stereocenters. The van der Waals surface area contributed by atoms with Gasteiger partial charge in [-0.05, 0) is 31.8 Å². The Morgan fingerprint density at radius 2 is 2.36 bits per heavy atom. The van der Waals surface area contributed by atoms with Crippen LogP contribution in [-0.2, 0) is 4.74 Å². The predicted molar refractivity (Wildman–Crippen MR) is 59.6 cm³/mol. The van der Waals surface area contributed by atoms with Crippen LogP contribution in [0.1, 0.15) is 26.7 Å². The van der Waals surface area contributed by atoms with E-state index in [0.717, 1.165) is 32.7 Å². The molecule has 2 N–H and O–H groups in total. The quantitative estimate of drug-likeness (QED) is 0.602. The van der Waals surface area contributed by atoms with E-state index in [0.29, 0.717) is 12.0 Å². The van der Waals surface area contributed by atoms with E-state index in [-0.39, 0.29) is 0 Å². The zero-order valence-electron chi connectivity index (χ0n) is 9.51. The van der Waals surface area contributed by atoms with Crippen molar-refractivity contribution in [1.82, 2.24) is 10.6 Å². The fraction of sp³-hybridized carbons (Fsp3) is 1.00. The Balaban J connectivity index is 1.79. The summed E-state index contributed by atoms with van der Waals surface area (Å²) in [5.74, 6) is 0.655. The maximum Gasteiger partial charge on any atom is 0.0489 e. The van der Waals surface area contributed by atoms with Crippen molar-refractivity contribution in [1.29, 1.82) is 0 Å². The molecule has 0 aromatic carbocycles. The van der Waals surface area contributed by atoms with E-state index in [1.54, 1.807) is 0 Å². The molecule has 3 heteroatoms.